The molecule has 0 fully saturated rings. The first-order valence-electron chi connectivity index (χ1n) is 24.8. The van der Waals surface area contributed by atoms with Gasteiger partial charge < -0.3 is 0 Å². The van der Waals surface area contributed by atoms with Gasteiger partial charge in [0.15, 0.2) is 0 Å². The summed E-state index contributed by atoms with van der Waals surface area (Å²) in [7, 11) is 0. The van der Waals surface area contributed by atoms with Crippen LogP contribution < -0.4 is 0 Å². The van der Waals surface area contributed by atoms with Crippen molar-refractivity contribution in [1.29, 1.82) is 0 Å². The molecule has 2 heterocycles. The predicted molar refractivity (Wildman–Crippen MR) is 270 cm³/mol. The number of carbonyl (C=O) groups is 4. The predicted octanol–water partition coefficient (Wildman–Crippen LogP) is 17.7. The highest BCUT2D eigenvalue weighted by atomic mass is 35.5. The van der Waals surface area contributed by atoms with Crippen LogP contribution in [0.15, 0.2) is 24.3 Å². The van der Waals surface area contributed by atoms with Gasteiger partial charge in [0.1, 0.15) is 0 Å². The van der Waals surface area contributed by atoms with Crippen LogP contribution in [0.4, 0.5) is 0 Å². The zero-order chi connectivity index (χ0) is 45.7. The van der Waals surface area contributed by atoms with Crippen LogP contribution in [0.5, 0.6) is 0 Å². The second-order valence-corrected chi connectivity index (χ2v) is 20.3. The van der Waals surface area contributed by atoms with E-state index >= 15 is 0 Å². The van der Waals surface area contributed by atoms with Gasteiger partial charge in [-0.3, -0.25) is 29.0 Å². The third-order valence-corrected chi connectivity index (χ3v) is 15.4. The van der Waals surface area contributed by atoms with Crippen LogP contribution in [-0.4, -0.2) is 45.5 Å². The number of fused-ring (bicyclic) bond motifs is 2. The summed E-state index contributed by atoms with van der Waals surface area (Å²) < 4.78 is 0. The second-order valence-electron chi connectivity index (χ2n) is 18.7. The molecule has 5 aromatic carbocycles. The standard InChI is InChI=1S/C54H66Cl4N2O4/c1-5-9-13-17-21-25-33(26-22-18-14-10-6-2)59-51(61)35-29-39(55)45-47-41(57)31-37-44-38(32-42(58)48(50(44)47)46-40(56)30-36(52(59)62)43(35)49(45)46)54(64)60(53(37)63)34(27-23-19-15-11-7-3)28-24-20-16-12-8-4/h29-34H,5-28H2,1-4H3. The number of hydrogen-bond acceptors (Lipinski definition) is 4. The first kappa shape index (κ1) is 48.8. The molecule has 7 rings (SSSR count). The molecule has 4 amide bonds. The Labute approximate surface area is 400 Å². The number of benzene rings is 5. The molecule has 2 aliphatic heterocycles. The van der Waals surface area contributed by atoms with Crippen molar-refractivity contribution in [3.8, 4) is 0 Å². The lowest BCUT2D eigenvalue weighted by Crippen LogP contribution is -2.47. The summed E-state index contributed by atoms with van der Waals surface area (Å²) in [6, 6.07) is 6.17. The zero-order valence-corrected chi connectivity index (χ0v) is 41.5. The highest BCUT2D eigenvalue weighted by molar-refractivity contribution is 6.56. The van der Waals surface area contributed by atoms with Gasteiger partial charge in [-0.05, 0) is 49.9 Å². The minimum atomic E-state index is -0.360. The Morgan fingerprint density at radius 1 is 0.328 bits per heavy atom. The molecule has 0 unspecified atom stereocenters. The van der Waals surface area contributed by atoms with E-state index in [0.29, 0.717) is 65.3 Å². The Bertz CT molecular complexity index is 2200. The van der Waals surface area contributed by atoms with E-state index in [1.807, 2.05) is 0 Å². The van der Waals surface area contributed by atoms with E-state index in [4.69, 9.17) is 46.4 Å². The fourth-order valence-corrected chi connectivity index (χ4v) is 12.1. The normalized spacial score (nSPS) is 14.2. The van der Waals surface area contributed by atoms with Crippen LogP contribution in [0, 0.1) is 0 Å². The largest absolute Gasteiger partial charge is 0.271 e. The Morgan fingerprint density at radius 3 is 0.766 bits per heavy atom. The van der Waals surface area contributed by atoms with Crippen molar-refractivity contribution in [3.05, 3.63) is 66.6 Å². The summed E-state index contributed by atoms with van der Waals surface area (Å²) >= 11 is 29.4. The van der Waals surface area contributed by atoms with E-state index in [1.165, 1.54) is 9.80 Å². The van der Waals surface area contributed by atoms with Crippen molar-refractivity contribution in [2.75, 3.05) is 0 Å². The molecule has 344 valence electrons. The molecule has 10 heteroatoms. The molecule has 64 heavy (non-hydrogen) atoms. The molecule has 0 atom stereocenters. The molecule has 0 radical (unpaired) electrons. The molecular formula is C54H66Cl4N2O4. The lowest BCUT2D eigenvalue weighted by Gasteiger charge is -2.36. The molecular weight excluding hydrogens is 882 g/mol. The van der Waals surface area contributed by atoms with Gasteiger partial charge in [-0.15, -0.1) is 0 Å². The lowest BCUT2D eigenvalue weighted by atomic mass is 9.81. The van der Waals surface area contributed by atoms with Gasteiger partial charge in [-0.1, -0.05) is 203 Å². The monoisotopic (exact) mass is 946 g/mol. The number of nitrogens with zero attached hydrogens (tertiary/aromatic N) is 2. The molecule has 0 saturated carbocycles. The van der Waals surface area contributed by atoms with Crippen LogP contribution >= 0.6 is 46.4 Å². The highest BCUT2D eigenvalue weighted by Gasteiger charge is 2.42. The van der Waals surface area contributed by atoms with Crippen LogP contribution in [0.2, 0.25) is 20.1 Å². The first-order chi connectivity index (χ1) is 31.0. The Morgan fingerprint density at radius 2 is 0.547 bits per heavy atom. The molecule has 0 spiro atoms. The van der Waals surface area contributed by atoms with Crippen molar-refractivity contribution < 1.29 is 19.2 Å². The van der Waals surface area contributed by atoms with Gasteiger partial charge in [0, 0.05) is 75.3 Å². The summed E-state index contributed by atoms with van der Waals surface area (Å²) in [5.41, 5.74) is 1.37. The molecule has 0 aliphatic carbocycles. The maximum absolute atomic E-state index is 14.9. The summed E-state index contributed by atoms with van der Waals surface area (Å²) in [4.78, 5) is 62.4. The number of amides is 4. The van der Waals surface area contributed by atoms with Crippen molar-refractivity contribution in [1.82, 2.24) is 9.80 Å². The number of hydrogen-bond donors (Lipinski definition) is 0. The van der Waals surface area contributed by atoms with Crippen molar-refractivity contribution in [3.63, 3.8) is 0 Å². The smallest absolute Gasteiger partial charge is 0.261 e. The average molecular weight is 949 g/mol. The maximum atomic E-state index is 14.9. The highest BCUT2D eigenvalue weighted by Crippen LogP contribution is 2.54. The van der Waals surface area contributed by atoms with Gasteiger partial charge >= 0.3 is 0 Å². The van der Waals surface area contributed by atoms with E-state index in [-0.39, 0.29) is 55.8 Å². The SMILES string of the molecule is CCCCCCCC(CCCCCCC)N1C(=O)c2cc(Cl)c3c4c(Cl)cc5c6c(cc(Cl)c(c7c(Cl)cc(c2c37)C1=O)c64)C(=O)N(C(CCCCCCC)CCCCCCC)C5=O. The average Bonchev–Trinajstić information content (AvgIpc) is 3.27. The molecule has 0 aromatic heterocycles. The quantitative estimate of drug-likeness (QED) is 0.0240. The van der Waals surface area contributed by atoms with Gasteiger partial charge in [0.25, 0.3) is 23.6 Å². The Hall–Kier alpha value is -3.16. The van der Waals surface area contributed by atoms with Crippen LogP contribution in [-0.2, 0) is 0 Å². The molecule has 5 aromatic rings. The first-order valence-corrected chi connectivity index (χ1v) is 26.3. The Kier molecular flexibility index (Phi) is 16.8. The fraction of sp³-hybridized carbons (Fsp3) is 0.556. The van der Waals surface area contributed by atoms with Gasteiger partial charge in [-0.2, -0.15) is 0 Å². The van der Waals surface area contributed by atoms with Crippen LogP contribution in [0.3, 0.4) is 0 Å². The fourth-order valence-electron chi connectivity index (χ4n) is 10.9. The van der Waals surface area contributed by atoms with E-state index in [9.17, 15) is 19.2 Å². The number of imide groups is 2. The van der Waals surface area contributed by atoms with Crippen LogP contribution in [0.1, 0.15) is 223 Å². The van der Waals surface area contributed by atoms with Crippen molar-refractivity contribution >= 4 is 113 Å². The second kappa shape index (κ2) is 22.1. The number of halogens is 4. The Balaban J connectivity index is 1.35. The lowest BCUT2D eigenvalue weighted by molar-refractivity contribution is 0.0501. The topological polar surface area (TPSA) is 74.8 Å². The third-order valence-electron chi connectivity index (χ3n) is 14.2. The summed E-state index contributed by atoms with van der Waals surface area (Å²) in [5, 5.41) is 5.09. The minimum absolute atomic E-state index is 0.256. The van der Waals surface area contributed by atoms with E-state index < -0.39 is 0 Å². The minimum Gasteiger partial charge on any atom is -0.271 e. The number of unbranched alkanes of at least 4 members (excludes halogenated alkanes) is 16. The third kappa shape index (κ3) is 9.38. The van der Waals surface area contributed by atoms with Gasteiger partial charge in [0.05, 0.1) is 22.3 Å². The number of carbonyl (C=O) groups excluding carboxylic acids is 4. The van der Waals surface area contributed by atoms with Crippen molar-refractivity contribution in [2.45, 2.75) is 194 Å². The molecule has 6 nitrogen and oxygen atoms in total. The zero-order valence-electron chi connectivity index (χ0n) is 38.5. The summed E-state index contributed by atoms with van der Waals surface area (Å²) in [6.45, 7) is 8.78. The van der Waals surface area contributed by atoms with Crippen LogP contribution in [0.25, 0.3) is 43.1 Å². The summed E-state index contributed by atoms with van der Waals surface area (Å²) in [5.74, 6) is -1.44. The summed E-state index contributed by atoms with van der Waals surface area (Å²) in [6.07, 6.45) is 24.6. The van der Waals surface area contributed by atoms with Gasteiger partial charge in [0.2, 0.25) is 0 Å². The van der Waals surface area contributed by atoms with E-state index in [2.05, 4.69) is 27.7 Å². The van der Waals surface area contributed by atoms with Crippen molar-refractivity contribution in [2.24, 2.45) is 0 Å². The number of rotatable bonds is 26. The maximum Gasteiger partial charge on any atom is 0.261 e. The van der Waals surface area contributed by atoms with E-state index in [1.54, 1.807) is 24.3 Å². The molecule has 2 aliphatic rings. The van der Waals surface area contributed by atoms with Gasteiger partial charge in [-0.25, -0.2) is 0 Å². The molecule has 0 bridgehead atoms. The molecule has 0 saturated heterocycles. The molecule has 0 N–H and O–H groups in total. The van der Waals surface area contributed by atoms with E-state index in [0.717, 1.165) is 154 Å².